The molecule has 0 fully saturated rings. The topological polar surface area (TPSA) is 25.8 Å². The smallest absolute Gasteiger partial charge is 0.109 e. The summed E-state index contributed by atoms with van der Waals surface area (Å²) in [5.41, 5.74) is 3.57. The number of nitrogens with zero attached hydrogens (tertiary/aromatic N) is 2. The highest BCUT2D eigenvalue weighted by atomic mass is 79.9. The molecule has 0 N–H and O–H groups in total. The molecule has 0 spiro atoms. The van der Waals surface area contributed by atoms with E-state index in [0.29, 0.717) is 0 Å². The van der Waals surface area contributed by atoms with Crippen molar-refractivity contribution in [1.29, 1.82) is 0 Å². The minimum atomic E-state index is 0.778. The summed E-state index contributed by atoms with van der Waals surface area (Å²) in [6, 6.07) is 4.25. The molecular formula is C26H43BrN2S. The maximum absolute atomic E-state index is 4.61. The average Bonchev–Trinajstić information content (AvgIpc) is 3.23. The van der Waals surface area contributed by atoms with Crippen LogP contribution >= 0.6 is 27.7 Å². The molecule has 1 aromatic heterocycles. The van der Waals surface area contributed by atoms with Gasteiger partial charge in [-0.1, -0.05) is 133 Å². The highest BCUT2D eigenvalue weighted by molar-refractivity contribution is 9.10. The predicted molar refractivity (Wildman–Crippen MR) is 138 cm³/mol. The van der Waals surface area contributed by atoms with Gasteiger partial charge in [0.25, 0.3) is 0 Å². The molecule has 1 heterocycles. The van der Waals surface area contributed by atoms with E-state index < -0.39 is 0 Å². The minimum Gasteiger partial charge on any atom is -0.173 e. The van der Waals surface area contributed by atoms with E-state index in [1.165, 1.54) is 124 Å². The van der Waals surface area contributed by atoms with Crippen molar-refractivity contribution in [2.45, 2.75) is 123 Å². The Balaban J connectivity index is 1.82. The molecule has 1 atom stereocenters. The van der Waals surface area contributed by atoms with Gasteiger partial charge in [0.05, 0.1) is 11.7 Å². The van der Waals surface area contributed by atoms with Crippen LogP contribution in [0.25, 0.3) is 11.0 Å². The van der Waals surface area contributed by atoms with Crippen LogP contribution in [0.15, 0.2) is 16.6 Å². The van der Waals surface area contributed by atoms with E-state index in [-0.39, 0.29) is 0 Å². The van der Waals surface area contributed by atoms with Crippen LogP contribution in [0.1, 0.15) is 122 Å². The van der Waals surface area contributed by atoms with Crippen molar-refractivity contribution in [1.82, 2.24) is 8.75 Å². The maximum Gasteiger partial charge on any atom is 0.109 e. The number of unbranched alkanes of at least 4 members (excludes halogenated alkanes) is 12. The number of halogens is 1. The molecule has 0 saturated carbocycles. The van der Waals surface area contributed by atoms with Crippen LogP contribution in [-0.4, -0.2) is 8.75 Å². The SMILES string of the molecule is CCCCCCCCCCC(CCCCCCCC)Cc1c(Br)ccc2nsnc12. The van der Waals surface area contributed by atoms with E-state index in [1.54, 1.807) is 0 Å². The molecule has 170 valence electrons. The molecule has 30 heavy (non-hydrogen) atoms. The Labute approximate surface area is 198 Å². The Hall–Kier alpha value is -0.480. The highest BCUT2D eigenvalue weighted by Crippen LogP contribution is 2.31. The number of rotatable bonds is 18. The lowest BCUT2D eigenvalue weighted by Crippen LogP contribution is -2.07. The second-order valence-electron chi connectivity index (χ2n) is 9.05. The first-order chi connectivity index (χ1) is 14.8. The summed E-state index contributed by atoms with van der Waals surface area (Å²) in [5, 5.41) is 0. The largest absolute Gasteiger partial charge is 0.173 e. The second kappa shape index (κ2) is 16.2. The van der Waals surface area contributed by atoms with E-state index in [1.807, 2.05) is 0 Å². The molecule has 0 aliphatic rings. The van der Waals surface area contributed by atoms with Crippen molar-refractivity contribution in [3.63, 3.8) is 0 Å². The third kappa shape index (κ3) is 9.77. The summed E-state index contributed by atoms with van der Waals surface area (Å²) in [4.78, 5) is 0. The Morgan fingerprint density at radius 1 is 0.733 bits per heavy atom. The van der Waals surface area contributed by atoms with Crippen LogP contribution in [0.5, 0.6) is 0 Å². The quantitative estimate of drug-likeness (QED) is 0.192. The van der Waals surface area contributed by atoms with E-state index in [9.17, 15) is 0 Å². The Morgan fingerprint density at radius 2 is 1.27 bits per heavy atom. The van der Waals surface area contributed by atoms with E-state index in [4.69, 9.17) is 0 Å². The number of fused-ring (bicyclic) bond motifs is 1. The van der Waals surface area contributed by atoms with Crippen molar-refractivity contribution in [3.05, 3.63) is 22.2 Å². The van der Waals surface area contributed by atoms with Crippen LogP contribution in [0.3, 0.4) is 0 Å². The summed E-state index contributed by atoms with van der Waals surface area (Å²) in [6.45, 7) is 4.59. The van der Waals surface area contributed by atoms with Gasteiger partial charge in [-0.25, -0.2) is 0 Å². The number of hydrogen-bond acceptors (Lipinski definition) is 3. The molecule has 1 unspecified atom stereocenters. The fourth-order valence-electron chi connectivity index (χ4n) is 4.49. The maximum atomic E-state index is 4.61. The lowest BCUT2D eigenvalue weighted by atomic mass is 9.88. The van der Waals surface area contributed by atoms with Gasteiger partial charge in [-0.15, -0.1) is 0 Å². The highest BCUT2D eigenvalue weighted by Gasteiger charge is 2.16. The van der Waals surface area contributed by atoms with Gasteiger partial charge >= 0.3 is 0 Å². The standard InChI is InChI=1S/C26H43BrN2S/c1-3-5-7-9-11-12-14-16-18-22(17-15-13-10-8-6-4-2)21-23-24(27)19-20-25-26(23)29-30-28-25/h19-20,22H,3-18,21H2,1-2H3. The molecule has 0 aliphatic carbocycles. The first kappa shape index (κ1) is 25.8. The van der Waals surface area contributed by atoms with Gasteiger partial charge in [-0.2, -0.15) is 8.75 Å². The van der Waals surface area contributed by atoms with Gasteiger partial charge < -0.3 is 0 Å². The Bertz CT molecular complexity index is 685. The third-order valence-electron chi connectivity index (χ3n) is 6.40. The van der Waals surface area contributed by atoms with Crippen LogP contribution < -0.4 is 0 Å². The minimum absolute atomic E-state index is 0.778. The number of hydrogen-bond donors (Lipinski definition) is 0. The van der Waals surface area contributed by atoms with E-state index >= 15 is 0 Å². The summed E-state index contributed by atoms with van der Waals surface area (Å²) >= 11 is 5.14. The van der Waals surface area contributed by atoms with Crippen molar-refractivity contribution in [2.24, 2.45) is 5.92 Å². The van der Waals surface area contributed by atoms with Crippen molar-refractivity contribution < 1.29 is 0 Å². The second-order valence-corrected chi connectivity index (χ2v) is 10.4. The normalized spacial score (nSPS) is 12.6. The molecule has 1 aromatic carbocycles. The fraction of sp³-hybridized carbons (Fsp3) is 0.769. The number of aromatic nitrogens is 2. The molecule has 2 nitrogen and oxygen atoms in total. The number of benzene rings is 1. The van der Waals surface area contributed by atoms with Crippen molar-refractivity contribution in [2.75, 3.05) is 0 Å². The van der Waals surface area contributed by atoms with Crippen molar-refractivity contribution >= 4 is 38.7 Å². The van der Waals surface area contributed by atoms with Crippen LogP contribution in [-0.2, 0) is 6.42 Å². The van der Waals surface area contributed by atoms with Crippen LogP contribution in [0.4, 0.5) is 0 Å². The lowest BCUT2D eigenvalue weighted by molar-refractivity contribution is 0.400. The molecule has 0 amide bonds. The zero-order valence-electron chi connectivity index (χ0n) is 19.4. The van der Waals surface area contributed by atoms with Gasteiger partial charge in [-0.05, 0) is 30.0 Å². The fourth-order valence-corrected chi connectivity index (χ4v) is 5.53. The molecule has 4 heteroatoms. The molecule has 2 rings (SSSR count). The van der Waals surface area contributed by atoms with Gasteiger partial charge in [0.15, 0.2) is 0 Å². The van der Waals surface area contributed by atoms with Crippen LogP contribution in [0, 0.1) is 5.92 Å². The first-order valence-electron chi connectivity index (χ1n) is 12.7. The third-order valence-corrected chi connectivity index (χ3v) is 7.69. The lowest BCUT2D eigenvalue weighted by Gasteiger charge is -2.18. The molecule has 0 radical (unpaired) electrons. The monoisotopic (exact) mass is 494 g/mol. The Morgan fingerprint density at radius 3 is 1.83 bits per heavy atom. The van der Waals surface area contributed by atoms with Gasteiger partial charge in [0, 0.05) is 4.47 Å². The summed E-state index contributed by atoms with van der Waals surface area (Å²) in [6.07, 6.45) is 23.5. The molecule has 2 aromatic rings. The van der Waals surface area contributed by atoms with Crippen LogP contribution in [0.2, 0.25) is 0 Å². The molecule has 0 aliphatic heterocycles. The zero-order chi connectivity index (χ0) is 21.4. The summed E-state index contributed by atoms with van der Waals surface area (Å²) < 4.78 is 10.3. The zero-order valence-corrected chi connectivity index (χ0v) is 21.8. The summed E-state index contributed by atoms with van der Waals surface area (Å²) in [7, 11) is 0. The molecular weight excluding hydrogens is 452 g/mol. The molecule has 0 bridgehead atoms. The van der Waals surface area contributed by atoms with Gasteiger partial charge in [0.2, 0.25) is 0 Å². The Kier molecular flexibility index (Phi) is 13.9. The summed E-state index contributed by atoms with van der Waals surface area (Å²) in [5.74, 6) is 0.778. The van der Waals surface area contributed by atoms with Gasteiger partial charge in [-0.3, -0.25) is 0 Å². The van der Waals surface area contributed by atoms with E-state index in [0.717, 1.165) is 23.4 Å². The van der Waals surface area contributed by atoms with Gasteiger partial charge in [0.1, 0.15) is 11.0 Å². The average molecular weight is 496 g/mol. The molecule has 0 saturated heterocycles. The van der Waals surface area contributed by atoms with Crippen molar-refractivity contribution in [3.8, 4) is 0 Å². The predicted octanol–water partition coefficient (Wildman–Crippen LogP) is 9.89. The van der Waals surface area contributed by atoms with E-state index in [2.05, 4.69) is 50.7 Å². The first-order valence-corrected chi connectivity index (χ1v) is 14.2.